The first-order valence-corrected chi connectivity index (χ1v) is 11.0. The molecule has 0 fully saturated rings. The zero-order chi connectivity index (χ0) is 22.5. The van der Waals surface area contributed by atoms with Gasteiger partial charge in [0.15, 0.2) is 22.5 Å². The topological polar surface area (TPSA) is 104 Å². The van der Waals surface area contributed by atoms with Crippen LogP contribution >= 0.6 is 11.8 Å². The lowest BCUT2D eigenvalue weighted by Gasteiger charge is -2.10. The van der Waals surface area contributed by atoms with Crippen LogP contribution in [0.4, 0.5) is 0 Å². The molecule has 1 aliphatic rings. The largest absolute Gasteiger partial charge is 0.454 e. The number of nitrogens with zero attached hydrogens (tertiary/aromatic N) is 5. The average molecular weight is 459 g/mol. The van der Waals surface area contributed by atoms with Gasteiger partial charge in [-0.3, -0.25) is 14.3 Å². The Bertz CT molecular complexity index is 1290. The highest BCUT2D eigenvalue weighted by Gasteiger charge is 2.20. The molecule has 5 rings (SSSR count). The van der Waals surface area contributed by atoms with E-state index in [9.17, 15) is 4.79 Å². The van der Waals surface area contributed by atoms with Crippen molar-refractivity contribution in [2.75, 3.05) is 12.5 Å². The van der Waals surface area contributed by atoms with Crippen LogP contribution in [0, 0.1) is 0 Å². The van der Waals surface area contributed by atoms with E-state index in [2.05, 4.69) is 25.7 Å². The molecule has 1 aliphatic heterocycles. The second-order valence-corrected chi connectivity index (χ2v) is 7.85. The van der Waals surface area contributed by atoms with Gasteiger partial charge < -0.3 is 9.47 Å². The number of hydrogen-bond acceptors (Lipinski definition) is 8. The third kappa shape index (κ3) is 4.70. The second kappa shape index (κ2) is 9.53. The van der Waals surface area contributed by atoms with E-state index in [4.69, 9.17) is 9.47 Å². The van der Waals surface area contributed by atoms with Crippen LogP contribution < -0.4 is 14.9 Å². The van der Waals surface area contributed by atoms with Crippen molar-refractivity contribution in [2.24, 2.45) is 5.10 Å². The van der Waals surface area contributed by atoms with E-state index in [0.29, 0.717) is 22.5 Å². The highest BCUT2D eigenvalue weighted by Crippen LogP contribution is 2.36. The number of amides is 1. The van der Waals surface area contributed by atoms with Crippen molar-refractivity contribution in [1.29, 1.82) is 0 Å². The highest BCUT2D eigenvalue weighted by molar-refractivity contribution is 7.99. The van der Waals surface area contributed by atoms with Gasteiger partial charge in [0.1, 0.15) is 0 Å². The summed E-state index contributed by atoms with van der Waals surface area (Å²) in [5, 5.41) is 13.3. The molecule has 0 radical (unpaired) electrons. The number of nitrogens with one attached hydrogen (secondary N) is 1. The van der Waals surface area contributed by atoms with Gasteiger partial charge in [0.05, 0.1) is 12.0 Å². The molecule has 0 spiro atoms. The number of rotatable bonds is 7. The number of carbonyl (C=O) groups excluding carboxylic acids is 1. The number of para-hydroxylation sites is 1. The Labute approximate surface area is 193 Å². The van der Waals surface area contributed by atoms with Crippen molar-refractivity contribution in [3.8, 4) is 28.6 Å². The smallest absolute Gasteiger partial charge is 0.250 e. The number of ether oxygens (including phenoxy) is 2. The highest BCUT2D eigenvalue weighted by atomic mass is 32.2. The predicted molar refractivity (Wildman–Crippen MR) is 124 cm³/mol. The molecule has 0 atom stereocenters. The van der Waals surface area contributed by atoms with E-state index in [-0.39, 0.29) is 18.5 Å². The fourth-order valence-corrected chi connectivity index (χ4v) is 3.93. The van der Waals surface area contributed by atoms with Crippen LogP contribution in [0.2, 0.25) is 0 Å². The lowest BCUT2D eigenvalue weighted by molar-refractivity contribution is -0.118. The third-order valence-electron chi connectivity index (χ3n) is 4.72. The number of benzene rings is 2. The second-order valence-electron chi connectivity index (χ2n) is 6.91. The minimum Gasteiger partial charge on any atom is -0.454 e. The summed E-state index contributed by atoms with van der Waals surface area (Å²) in [6.45, 7) is 0.198. The maximum atomic E-state index is 12.3. The van der Waals surface area contributed by atoms with E-state index in [1.54, 1.807) is 30.7 Å². The average Bonchev–Trinajstić information content (AvgIpc) is 3.50. The van der Waals surface area contributed by atoms with Crippen molar-refractivity contribution in [3.63, 3.8) is 0 Å². The maximum absolute atomic E-state index is 12.3. The van der Waals surface area contributed by atoms with Crippen molar-refractivity contribution < 1.29 is 14.3 Å². The van der Waals surface area contributed by atoms with Gasteiger partial charge >= 0.3 is 0 Å². The summed E-state index contributed by atoms with van der Waals surface area (Å²) in [6.07, 6.45) is 4.88. The first-order chi connectivity index (χ1) is 16.3. The van der Waals surface area contributed by atoms with E-state index >= 15 is 0 Å². The van der Waals surface area contributed by atoms with E-state index in [0.717, 1.165) is 16.8 Å². The lowest BCUT2D eigenvalue weighted by atomic mass is 10.2. The van der Waals surface area contributed by atoms with Crippen LogP contribution in [0.3, 0.4) is 0 Å². The molecule has 2 aromatic heterocycles. The number of thioether (sulfide) groups is 1. The van der Waals surface area contributed by atoms with E-state index < -0.39 is 0 Å². The standard InChI is InChI=1S/C23H18N6O3S/c30-21(26-25-13-16-8-10-24-11-9-16)14-33-23-28-27-22(29(23)18-4-2-1-3-5-18)17-6-7-19-20(12-17)32-15-31-19/h1-13H,14-15H2,(H,26,30). The van der Waals surface area contributed by atoms with E-state index in [1.807, 2.05) is 53.1 Å². The molecule has 1 N–H and O–H groups in total. The molecule has 0 unspecified atom stereocenters. The summed E-state index contributed by atoms with van der Waals surface area (Å²) in [5.74, 6) is 1.87. The van der Waals surface area contributed by atoms with Gasteiger partial charge in [0, 0.05) is 23.6 Å². The first-order valence-electron chi connectivity index (χ1n) is 10.0. The molecule has 33 heavy (non-hydrogen) atoms. The fraction of sp³-hybridized carbons (Fsp3) is 0.0870. The molecule has 0 aliphatic carbocycles. The summed E-state index contributed by atoms with van der Waals surface area (Å²) >= 11 is 1.27. The van der Waals surface area contributed by atoms with Gasteiger partial charge in [-0.2, -0.15) is 5.10 Å². The van der Waals surface area contributed by atoms with Gasteiger partial charge in [-0.25, -0.2) is 5.43 Å². The molecule has 0 saturated heterocycles. The zero-order valence-corrected chi connectivity index (χ0v) is 18.1. The minimum absolute atomic E-state index is 0.125. The number of aromatic nitrogens is 4. The molecular weight excluding hydrogens is 440 g/mol. The number of carbonyl (C=O) groups is 1. The molecule has 164 valence electrons. The van der Waals surface area contributed by atoms with Crippen LogP contribution in [-0.2, 0) is 4.79 Å². The predicted octanol–water partition coefficient (Wildman–Crippen LogP) is 3.30. The minimum atomic E-state index is -0.252. The Kier molecular flexibility index (Phi) is 5.98. The Morgan fingerprint density at radius 2 is 1.88 bits per heavy atom. The summed E-state index contributed by atoms with van der Waals surface area (Å²) in [5.41, 5.74) is 5.08. The molecule has 4 aromatic rings. The van der Waals surface area contributed by atoms with Gasteiger partial charge in [-0.05, 0) is 48.0 Å². The van der Waals surface area contributed by atoms with Crippen LogP contribution in [0.15, 0.2) is 83.3 Å². The molecule has 3 heterocycles. The number of hydrazone groups is 1. The molecular formula is C23H18N6O3S. The normalized spacial score (nSPS) is 12.2. The fourth-order valence-electron chi connectivity index (χ4n) is 3.19. The summed E-state index contributed by atoms with van der Waals surface area (Å²) in [4.78, 5) is 16.3. The zero-order valence-electron chi connectivity index (χ0n) is 17.3. The monoisotopic (exact) mass is 458 g/mol. The summed E-state index contributed by atoms with van der Waals surface area (Å²) < 4.78 is 12.8. The number of fused-ring (bicyclic) bond motifs is 1. The van der Waals surface area contributed by atoms with Crippen LogP contribution in [-0.4, -0.2) is 44.4 Å². The van der Waals surface area contributed by atoms with Gasteiger partial charge in [-0.1, -0.05) is 30.0 Å². The Morgan fingerprint density at radius 1 is 1.06 bits per heavy atom. The molecule has 0 saturated carbocycles. The quantitative estimate of drug-likeness (QED) is 0.257. The Balaban J connectivity index is 1.35. The maximum Gasteiger partial charge on any atom is 0.250 e. The van der Waals surface area contributed by atoms with E-state index in [1.165, 1.54) is 11.8 Å². The van der Waals surface area contributed by atoms with Crippen molar-refractivity contribution in [2.45, 2.75) is 5.16 Å². The van der Waals surface area contributed by atoms with Gasteiger partial charge in [-0.15, -0.1) is 10.2 Å². The SMILES string of the molecule is O=C(CSc1nnc(-c2ccc3c(c2)OCO3)n1-c1ccccc1)NN=Cc1ccncc1. The molecule has 2 aromatic carbocycles. The van der Waals surface area contributed by atoms with Gasteiger partial charge in [0.25, 0.3) is 5.91 Å². The Morgan fingerprint density at radius 3 is 2.73 bits per heavy atom. The molecule has 9 nitrogen and oxygen atoms in total. The number of hydrogen-bond donors (Lipinski definition) is 1. The van der Waals surface area contributed by atoms with Crippen molar-refractivity contribution >= 4 is 23.9 Å². The number of pyridine rings is 1. The lowest BCUT2D eigenvalue weighted by Crippen LogP contribution is -2.20. The van der Waals surface area contributed by atoms with Gasteiger partial charge in [0.2, 0.25) is 6.79 Å². The van der Waals surface area contributed by atoms with Crippen LogP contribution in [0.1, 0.15) is 5.56 Å². The third-order valence-corrected chi connectivity index (χ3v) is 5.65. The summed E-state index contributed by atoms with van der Waals surface area (Å²) in [7, 11) is 0. The van der Waals surface area contributed by atoms with Crippen molar-refractivity contribution in [1.82, 2.24) is 25.2 Å². The molecule has 1 amide bonds. The molecule has 0 bridgehead atoms. The Hall–Kier alpha value is -4.18. The van der Waals surface area contributed by atoms with Crippen molar-refractivity contribution in [3.05, 3.63) is 78.6 Å². The first kappa shape index (κ1) is 20.7. The van der Waals surface area contributed by atoms with Crippen LogP contribution in [0.5, 0.6) is 11.5 Å². The van der Waals surface area contributed by atoms with Crippen LogP contribution in [0.25, 0.3) is 17.1 Å². The summed E-state index contributed by atoms with van der Waals surface area (Å²) in [6, 6.07) is 19.0. The molecule has 10 heteroatoms.